The first-order valence-electron chi connectivity index (χ1n) is 6.55. The number of rotatable bonds is 6. The fourth-order valence-electron chi connectivity index (χ4n) is 1.99. The maximum absolute atomic E-state index is 11.9. The molecule has 2 N–H and O–H groups in total. The smallest absolute Gasteiger partial charge is 0.226 e. The molecule has 3 rings (SSSR count). The highest BCUT2D eigenvalue weighted by molar-refractivity contribution is 7.13. The summed E-state index contributed by atoms with van der Waals surface area (Å²) in [5.41, 5.74) is 1.64. The lowest BCUT2D eigenvalue weighted by atomic mass is 10.1. The molecule has 0 atom stereocenters. The Bertz CT molecular complexity index is 587. The number of carbonyl (C=O) groups excluding carboxylic acids is 1. The number of nitrogens with zero attached hydrogens (tertiary/aromatic N) is 1. The fourth-order valence-corrected chi connectivity index (χ4v) is 2.79. The summed E-state index contributed by atoms with van der Waals surface area (Å²) in [6, 6.07) is 1.85. The van der Waals surface area contributed by atoms with Gasteiger partial charge in [-0.25, -0.2) is 4.98 Å². The lowest BCUT2D eigenvalue weighted by Crippen LogP contribution is -2.32. The predicted molar refractivity (Wildman–Crippen MR) is 75.3 cm³/mol. The predicted octanol–water partition coefficient (Wildman–Crippen LogP) is 1.83. The molecule has 0 spiro atoms. The average Bonchev–Trinajstić information content (AvgIpc) is 2.86. The highest BCUT2D eigenvalue weighted by atomic mass is 32.1. The molecule has 2 aromatic heterocycles. The van der Waals surface area contributed by atoms with Crippen molar-refractivity contribution in [2.75, 3.05) is 13.2 Å². The van der Waals surface area contributed by atoms with Gasteiger partial charge in [0.05, 0.1) is 25.0 Å². The van der Waals surface area contributed by atoms with Crippen LogP contribution in [-0.2, 0) is 11.2 Å². The molecule has 2 heterocycles. The molecule has 5 nitrogen and oxygen atoms in total. The third-order valence-corrected chi connectivity index (χ3v) is 4.55. The second-order valence-corrected chi connectivity index (χ2v) is 6.13. The van der Waals surface area contributed by atoms with E-state index in [1.54, 1.807) is 12.5 Å². The first-order valence-corrected chi connectivity index (χ1v) is 7.43. The monoisotopic (exact) mass is 292 g/mol. The van der Waals surface area contributed by atoms with E-state index in [1.165, 1.54) is 11.3 Å². The Kier molecular flexibility index (Phi) is 3.58. The summed E-state index contributed by atoms with van der Waals surface area (Å²) in [6.45, 7) is 0.704. The lowest BCUT2D eigenvalue weighted by Gasteiger charge is -2.12. The summed E-state index contributed by atoms with van der Waals surface area (Å²) < 4.78 is 5.02. The van der Waals surface area contributed by atoms with Crippen molar-refractivity contribution in [1.29, 1.82) is 0 Å². The number of aliphatic hydroxyl groups excluding tert-OH is 1. The van der Waals surface area contributed by atoms with Gasteiger partial charge in [-0.15, -0.1) is 11.3 Å². The van der Waals surface area contributed by atoms with E-state index < -0.39 is 0 Å². The van der Waals surface area contributed by atoms with Gasteiger partial charge in [0, 0.05) is 22.9 Å². The van der Waals surface area contributed by atoms with Crippen LogP contribution in [0.4, 0.5) is 0 Å². The average molecular weight is 292 g/mol. The van der Waals surface area contributed by atoms with Gasteiger partial charge in [-0.2, -0.15) is 0 Å². The zero-order chi connectivity index (χ0) is 14.0. The van der Waals surface area contributed by atoms with Crippen LogP contribution in [-0.4, -0.2) is 29.1 Å². The largest absolute Gasteiger partial charge is 0.472 e. The van der Waals surface area contributed by atoms with Crippen LogP contribution >= 0.6 is 11.3 Å². The maximum atomic E-state index is 11.9. The SMILES string of the molecule is O=C(Cc1csc(-c2ccoc2)n1)NCC1(CO)CC1. The van der Waals surface area contributed by atoms with Crippen molar-refractivity contribution in [3.63, 3.8) is 0 Å². The summed E-state index contributed by atoms with van der Waals surface area (Å²) in [5, 5.41) is 14.8. The van der Waals surface area contributed by atoms with Crippen molar-refractivity contribution in [3.8, 4) is 10.6 Å². The van der Waals surface area contributed by atoms with Gasteiger partial charge < -0.3 is 14.8 Å². The maximum Gasteiger partial charge on any atom is 0.226 e. The topological polar surface area (TPSA) is 75.4 Å². The quantitative estimate of drug-likeness (QED) is 0.852. The molecule has 0 aliphatic heterocycles. The normalized spacial score (nSPS) is 16.1. The molecule has 0 saturated heterocycles. The summed E-state index contributed by atoms with van der Waals surface area (Å²) in [4.78, 5) is 16.3. The Balaban J connectivity index is 1.54. The van der Waals surface area contributed by atoms with Crippen LogP contribution in [0.1, 0.15) is 18.5 Å². The molecule has 1 aliphatic rings. The van der Waals surface area contributed by atoms with Crippen molar-refractivity contribution in [2.45, 2.75) is 19.3 Å². The van der Waals surface area contributed by atoms with Crippen LogP contribution in [0, 0.1) is 5.41 Å². The van der Waals surface area contributed by atoms with Crippen LogP contribution < -0.4 is 5.32 Å². The number of thiazole rings is 1. The molecule has 0 aromatic carbocycles. The fraction of sp³-hybridized carbons (Fsp3) is 0.429. The standard InChI is InChI=1S/C14H16N2O3S/c17-9-14(2-3-14)8-15-12(18)5-11-7-20-13(16-11)10-1-4-19-6-10/h1,4,6-7,17H,2-3,5,8-9H2,(H,15,18). The second kappa shape index (κ2) is 5.38. The Morgan fingerprint density at radius 1 is 1.55 bits per heavy atom. The number of aliphatic hydroxyl groups is 1. The van der Waals surface area contributed by atoms with Crippen molar-refractivity contribution in [1.82, 2.24) is 10.3 Å². The van der Waals surface area contributed by atoms with E-state index in [9.17, 15) is 9.90 Å². The number of nitrogens with one attached hydrogen (secondary N) is 1. The Morgan fingerprint density at radius 3 is 3.05 bits per heavy atom. The minimum Gasteiger partial charge on any atom is -0.472 e. The number of aromatic nitrogens is 1. The number of furan rings is 1. The van der Waals surface area contributed by atoms with E-state index in [0.717, 1.165) is 29.1 Å². The molecule has 1 amide bonds. The summed E-state index contributed by atoms with van der Waals surface area (Å²) >= 11 is 1.50. The lowest BCUT2D eigenvalue weighted by molar-refractivity contribution is -0.120. The van der Waals surface area contributed by atoms with Crippen molar-refractivity contribution in [3.05, 3.63) is 29.7 Å². The van der Waals surface area contributed by atoms with E-state index in [0.29, 0.717) is 6.54 Å². The first kappa shape index (κ1) is 13.3. The molecule has 1 fully saturated rings. The summed E-state index contributed by atoms with van der Waals surface area (Å²) in [5.74, 6) is -0.0474. The number of amides is 1. The Hall–Kier alpha value is -1.66. The van der Waals surface area contributed by atoms with Crippen LogP contribution in [0.5, 0.6) is 0 Å². The number of hydrogen-bond donors (Lipinski definition) is 2. The van der Waals surface area contributed by atoms with Gasteiger partial charge in [0.15, 0.2) is 0 Å². The third-order valence-electron chi connectivity index (χ3n) is 3.61. The van der Waals surface area contributed by atoms with Gasteiger partial charge >= 0.3 is 0 Å². The van der Waals surface area contributed by atoms with Gasteiger partial charge in [-0.05, 0) is 18.9 Å². The van der Waals surface area contributed by atoms with Crippen LogP contribution in [0.25, 0.3) is 10.6 Å². The third kappa shape index (κ3) is 2.91. The summed E-state index contributed by atoms with van der Waals surface area (Å²) in [6.07, 6.45) is 5.50. The summed E-state index contributed by atoms with van der Waals surface area (Å²) in [7, 11) is 0. The minimum atomic E-state index is -0.0559. The number of hydrogen-bond acceptors (Lipinski definition) is 5. The molecular formula is C14H16N2O3S. The second-order valence-electron chi connectivity index (χ2n) is 5.27. The van der Waals surface area contributed by atoms with Gasteiger partial charge in [0.25, 0.3) is 0 Å². The zero-order valence-corrected chi connectivity index (χ0v) is 11.8. The van der Waals surface area contributed by atoms with Gasteiger partial charge in [-0.3, -0.25) is 4.79 Å². The zero-order valence-electron chi connectivity index (χ0n) is 11.0. The molecule has 0 radical (unpaired) electrons. The van der Waals surface area contributed by atoms with Crippen LogP contribution in [0.15, 0.2) is 28.4 Å². The van der Waals surface area contributed by atoms with E-state index in [4.69, 9.17) is 4.42 Å². The number of carbonyl (C=O) groups is 1. The Labute approximate surface area is 120 Å². The van der Waals surface area contributed by atoms with Crippen molar-refractivity contribution >= 4 is 17.2 Å². The molecule has 1 saturated carbocycles. The molecular weight excluding hydrogens is 276 g/mol. The highest BCUT2D eigenvalue weighted by Crippen LogP contribution is 2.44. The first-order chi connectivity index (χ1) is 9.71. The molecule has 2 aromatic rings. The molecule has 0 unspecified atom stereocenters. The van der Waals surface area contributed by atoms with Crippen LogP contribution in [0.3, 0.4) is 0 Å². The van der Waals surface area contributed by atoms with Gasteiger partial charge in [0.1, 0.15) is 11.3 Å². The van der Waals surface area contributed by atoms with E-state index in [1.807, 2.05) is 11.4 Å². The van der Waals surface area contributed by atoms with Crippen LogP contribution in [0.2, 0.25) is 0 Å². The van der Waals surface area contributed by atoms with E-state index in [2.05, 4.69) is 10.3 Å². The highest BCUT2D eigenvalue weighted by Gasteiger charge is 2.42. The van der Waals surface area contributed by atoms with Crippen molar-refractivity contribution in [2.24, 2.45) is 5.41 Å². The molecule has 0 bridgehead atoms. The Morgan fingerprint density at radius 2 is 2.40 bits per heavy atom. The van der Waals surface area contributed by atoms with Gasteiger partial charge in [0.2, 0.25) is 5.91 Å². The van der Waals surface area contributed by atoms with Crippen molar-refractivity contribution < 1.29 is 14.3 Å². The van der Waals surface area contributed by atoms with E-state index in [-0.39, 0.29) is 24.3 Å². The molecule has 6 heteroatoms. The van der Waals surface area contributed by atoms with E-state index >= 15 is 0 Å². The minimum absolute atomic E-state index is 0.0474. The molecule has 106 valence electrons. The van der Waals surface area contributed by atoms with Gasteiger partial charge in [-0.1, -0.05) is 0 Å². The molecule has 20 heavy (non-hydrogen) atoms. The molecule has 1 aliphatic carbocycles.